The third-order valence-electron chi connectivity index (χ3n) is 2.84. The van der Waals surface area contributed by atoms with Crippen molar-refractivity contribution in [3.05, 3.63) is 40.4 Å². The third-order valence-corrected chi connectivity index (χ3v) is 3.64. The molecular weight excluding hydrogens is 397 g/mol. The van der Waals surface area contributed by atoms with Crippen LogP contribution in [0.2, 0.25) is 0 Å². The van der Waals surface area contributed by atoms with Crippen LogP contribution in [-0.2, 0) is 16.0 Å². The Kier molecular flexibility index (Phi) is 6.66. The van der Waals surface area contributed by atoms with E-state index in [9.17, 15) is 26.7 Å². The Labute approximate surface area is 153 Å². The maximum absolute atomic E-state index is 14.0. The van der Waals surface area contributed by atoms with Crippen molar-refractivity contribution in [2.24, 2.45) is 5.10 Å². The van der Waals surface area contributed by atoms with Gasteiger partial charge in [0.2, 0.25) is 10.9 Å². The zero-order valence-electron chi connectivity index (χ0n) is 13.6. The fourth-order valence-corrected chi connectivity index (χ4v) is 2.47. The van der Waals surface area contributed by atoms with Crippen molar-refractivity contribution >= 4 is 28.7 Å². The van der Waals surface area contributed by atoms with Gasteiger partial charge in [-0.3, -0.25) is 10.2 Å². The largest absolute Gasteiger partial charge is 0.573 e. The lowest BCUT2D eigenvalue weighted by Gasteiger charge is -2.11. The number of hydrogen-bond acceptors (Lipinski definition) is 7. The van der Waals surface area contributed by atoms with Gasteiger partial charge in [-0.05, 0) is 19.1 Å². The average Bonchev–Trinajstić information content (AvgIpc) is 3.00. The van der Waals surface area contributed by atoms with Crippen LogP contribution in [-0.4, -0.2) is 30.1 Å². The molecular formula is C15H12F5N3O3S. The van der Waals surface area contributed by atoms with E-state index in [2.05, 4.69) is 20.2 Å². The van der Waals surface area contributed by atoms with E-state index in [0.717, 1.165) is 23.6 Å². The molecule has 27 heavy (non-hydrogen) atoms. The van der Waals surface area contributed by atoms with Crippen molar-refractivity contribution in [2.75, 3.05) is 12.0 Å². The molecule has 0 spiro atoms. The number of benzene rings is 1. The molecule has 1 aromatic carbocycles. The lowest BCUT2D eigenvalue weighted by atomic mass is 10.2. The number of hydrazone groups is 1. The first-order valence-corrected chi connectivity index (χ1v) is 8.20. The standard InChI is InChI=1S/C15H12F5N3O3S/c1-2-25-11(24)5-9-7-27-14(22-9)23-21-6-8-3-4-10(16)13(12(8)17)26-15(18,19)20/h3-4,6-7H,2,5H2,1H3,(H,22,23). The van der Waals surface area contributed by atoms with Gasteiger partial charge in [0.15, 0.2) is 11.6 Å². The summed E-state index contributed by atoms with van der Waals surface area (Å²) in [6.07, 6.45) is -4.45. The molecule has 0 aliphatic rings. The SMILES string of the molecule is CCOC(=O)Cc1csc(NN=Cc2ccc(F)c(OC(F)(F)F)c2F)n1. The summed E-state index contributed by atoms with van der Waals surface area (Å²) in [5, 5.41) is 5.45. The van der Waals surface area contributed by atoms with Crippen molar-refractivity contribution in [3.8, 4) is 5.75 Å². The lowest BCUT2D eigenvalue weighted by Crippen LogP contribution is -2.19. The molecule has 6 nitrogen and oxygen atoms in total. The Morgan fingerprint density at radius 1 is 1.37 bits per heavy atom. The number of aromatic nitrogens is 1. The first-order valence-electron chi connectivity index (χ1n) is 7.32. The van der Waals surface area contributed by atoms with Crippen LogP contribution >= 0.6 is 11.3 Å². The highest BCUT2D eigenvalue weighted by Crippen LogP contribution is 2.29. The van der Waals surface area contributed by atoms with Crippen LogP contribution in [0.3, 0.4) is 0 Å². The van der Waals surface area contributed by atoms with Crippen LogP contribution < -0.4 is 10.2 Å². The van der Waals surface area contributed by atoms with E-state index in [-0.39, 0.29) is 18.2 Å². The van der Waals surface area contributed by atoms with Gasteiger partial charge < -0.3 is 9.47 Å². The predicted octanol–water partition coefficient (Wildman–Crippen LogP) is 3.87. The summed E-state index contributed by atoms with van der Waals surface area (Å²) >= 11 is 1.09. The Balaban J connectivity index is 2.05. The molecule has 2 rings (SSSR count). The van der Waals surface area contributed by atoms with Gasteiger partial charge in [-0.15, -0.1) is 24.5 Å². The quantitative estimate of drug-likeness (QED) is 0.325. The van der Waals surface area contributed by atoms with Gasteiger partial charge >= 0.3 is 12.3 Å². The van der Waals surface area contributed by atoms with Crippen molar-refractivity contribution in [2.45, 2.75) is 19.7 Å². The second kappa shape index (κ2) is 8.75. The Morgan fingerprint density at radius 3 is 2.78 bits per heavy atom. The van der Waals surface area contributed by atoms with Crippen LogP contribution in [0.1, 0.15) is 18.2 Å². The number of rotatable bonds is 7. The number of esters is 1. The average molecular weight is 409 g/mol. The number of nitrogens with one attached hydrogen (secondary N) is 1. The van der Waals surface area contributed by atoms with Crippen molar-refractivity contribution in [3.63, 3.8) is 0 Å². The second-order valence-corrected chi connectivity index (χ2v) is 5.68. The number of carbonyl (C=O) groups excluding carboxylic acids is 1. The number of thiazole rings is 1. The number of hydrogen-bond donors (Lipinski definition) is 1. The first-order chi connectivity index (χ1) is 12.7. The number of halogens is 5. The molecule has 1 heterocycles. The molecule has 1 N–H and O–H groups in total. The van der Waals surface area contributed by atoms with Crippen LogP contribution in [0.4, 0.5) is 27.1 Å². The fraction of sp³-hybridized carbons (Fsp3) is 0.267. The Hall–Kier alpha value is -2.76. The molecule has 0 amide bonds. The highest BCUT2D eigenvalue weighted by Gasteiger charge is 2.34. The summed E-state index contributed by atoms with van der Waals surface area (Å²) in [6, 6.07) is 1.51. The van der Waals surface area contributed by atoms with E-state index in [1.165, 1.54) is 0 Å². The summed E-state index contributed by atoms with van der Waals surface area (Å²) in [5.41, 5.74) is 2.41. The maximum atomic E-state index is 14.0. The smallest absolute Gasteiger partial charge is 0.466 e. The van der Waals surface area contributed by atoms with Gasteiger partial charge in [-0.2, -0.15) is 5.10 Å². The van der Waals surface area contributed by atoms with E-state index in [4.69, 9.17) is 4.74 Å². The molecule has 0 unspecified atom stereocenters. The van der Waals surface area contributed by atoms with Gasteiger partial charge in [0.1, 0.15) is 0 Å². The fourth-order valence-electron chi connectivity index (χ4n) is 1.81. The van der Waals surface area contributed by atoms with Gasteiger partial charge in [0.25, 0.3) is 0 Å². The van der Waals surface area contributed by atoms with E-state index in [1.807, 2.05) is 0 Å². The van der Waals surface area contributed by atoms with Gasteiger partial charge in [0, 0.05) is 10.9 Å². The number of nitrogens with zero attached hydrogens (tertiary/aromatic N) is 2. The molecule has 0 atom stereocenters. The van der Waals surface area contributed by atoms with Crippen LogP contribution in [0.5, 0.6) is 5.75 Å². The molecule has 0 radical (unpaired) electrons. The summed E-state index contributed by atoms with van der Waals surface area (Å²) in [4.78, 5) is 15.4. The monoisotopic (exact) mass is 409 g/mol. The number of ether oxygens (including phenoxy) is 2. The van der Waals surface area contributed by atoms with E-state index < -0.39 is 35.3 Å². The highest BCUT2D eigenvalue weighted by atomic mass is 32.1. The molecule has 0 aliphatic carbocycles. The summed E-state index contributed by atoms with van der Waals surface area (Å²) in [5.74, 6) is -5.08. The minimum Gasteiger partial charge on any atom is -0.466 e. The van der Waals surface area contributed by atoms with E-state index >= 15 is 0 Å². The van der Waals surface area contributed by atoms with Crippen LogP contribution in [0.25, 0.3) is 0 Å². The number of anilines is 1. The van der Waals surface area contributed by atoms with Gasteiger partial charge in [-0.25, -0.2) is 13.8 Å². The normalized spacial score (nSPS) is 11.6. The lowest BCUT2D eigenvalue weighted by molar-refractivity contribution is -0.276. The molecule has 12 heteroatoms. The minimum atomic E-state index is -5.24. The van der Waals surface area contributed by atoms with Crippen molar-refractivity contribution in [1.82, 2.24) is 4.98 Å². The van der Waals surface area contributed by atoms with Crippen LogP contribution in [0.15, 0.2) is 22.6 Å². The highest BCUT2D eigenvalue weighted by molar-refractivity contribution is 7.13. The summed E-state index contributed by atoms with van der Waals surface area (Å²) < 4.78 is 72.0. The molecule has 0 saturated carbocycles. The summed E-state index contributed by atoms with van der Waals surface area (Å²) in [6.45, 7) is 1.90. The topological polar surface area (TPSA) is 72.8 Å². The van der Waals surface area contributed by atoms with Crippen LogP contribution in [0, 0.1) is 11.6 Å². The maximum Gasteiger partial charge on any atom is 0.573 e. The number of carbonyl (C=O) groups is 1. The zero-order valence-corrected chi connectivity index (χ0v) is 14.5. The third kappa shape index (κ3) is 6.16. The zero-order chi connectivity index (χ0) is 20.0. The van der Waals surface area contributed by atoms with E-state index in [0.29, 0.717) is 11.8 Å². The Bertz CT molecular complexity index is 839. The van der Waals surface area contributed by atoms with Crippen molar-refractivity contribution in [1.29, 1.82) is 0 Å². The molecule has 2 aromatic rings. The van der Waals surface area contributed by atoms with E-state index in [1.54, 1.807) is 12.3 Å². The molecule has 0 saturated heterocycles. The molecule has 0 fully saturated rings. The van der Waals surface area contributed by atoms with Gasteiger partial charge in [-0.1, -0.05) is 0 Å². The molecule has 0 bridgehead atoms. The minimum absolute atomic E-state index is 0.0412. The second-order valence-electron chi connectivity index (χ2n) is 4.82. The number of alkyl halides is 3. The van der Waals surface area contributed by atoms with Gasteiger partial charge in [0.05, 0.1) is 24.9 Å². The molecule has 0 aliphatic heterocycles. The molecule has 146 valence electrons. The first kappa shape index (κ1) is 20.6. The summed E-state index contributed by atoms with van der Waals surface area (Å²) in [7, 11) is 0. The van der Waals surface area contributed by atoms with Crippen molar-refractivity contribution < 1.29 is 36.2 Å². The Morgan fingerprint density at radius 2 is 2.11 bits per heavy atom. The molecule has 1 aromatic heterocycles. The predicted molar refractivity (Wildman–Crippen MR) is 86.7 cm³/mol.